The minimum atomic E-state index is -4.83. The molecule has 0 aromatic heterocycles. The first-order chi connectivity index (χ1) is 36.1. The van der Waals surface area contributed by atoms with Gasteiger partial charge in [0.15, 0.2) is 0 Å². The van der Waals surface area contributed by atoms with Gasteiger partial charge >= 0.3 is 136 Å². The van der Waals surface area contributed by atoms with E-state index in [1.807, 2.05) is 34.6 Å². The molecular formula is C63H130O9P2Ti. The topological polar surface area (TPSA) is 113 Å². The van der Waals surface area contributed by atoms with E-state index in [0.29, 0.717) is 26.4 Å². The summed E-state index contributed by atoms with van der Waals surface area (Å²) in [5.74, 6) is 0. The quantitative estimate of drug-likeness (QED) is 0.0266. The van der Waals surface area contributed by atoms with Crippen LogP contribution >= 0.6 is 17.2 Å². The summed E-state index contributed by atoms with van der Waals surface area (Å²) in [6.07, 6.45) is 52.5. The molecule has 0 fully saturated rings. The van der Waals surface area contributed by atoms with Gasteiger partial charge in [0.1, 0.15) is 0 Å². The van der Waals surface area contributed by atoms with Gasteiger partial charge in [0.25, 0.3) is 0 Å². The van der Waals surface area contributed by atoms with Gasteiger partial charge in [-0.1, -0.05) is 259 Å². The molecule has 0 amide bonds. The molecule has 2 N–H and O–H groups in total. The third kappa shape index (κ3) is 65.0. The van der Waals surface area contributed by atoms with Gasteiger partial charge in [-0.25, -0.2) is 0 Å². The van der Waals surface area contributed by atoms with E-state index >= 15 is 0 Å². The summed E-state index contributed by atoms with van der Waals surface area (Å²) in [5.41, 5.74) is 2.42. The molecule has 12 heteroatoms. The van der Waals surface area contributed by atoms with Crippen molar-refractivity contribution in [2.75, 3.05) is 33.0 Å². The Bertz CT molecular complexity index is 1160. The molecule has 0 rings (SSSR count). The van der Waals surface area contributed by atoms with Crippen molar-refractivity contribution >= 4 is 17.2 Å². The Morgan fingerprint density at radius 2 is 0.573 bits per heavy atom. The SMILES string of the molecule is C=C(C)C[O][Ti](=[O])([CH2]C(=C)C)([CH2]C(=C)C)[O]C(C)C.CCCCCCCCCCCCOP(O)OCCCCCCCCCCCC.CCCCCCCCCCCCOP(O)OCCCCCCCCCCCC. The Balaban J connectivity index is -0.00000106. The van der Waals surface area contributed by atoms with E-state index in [0.717, 1.165) is 42.4 Å². The molecule has 450 valence electrons. The Hall–Kier alpha value is 0.274. The molecule has 0 unspecified atom stereocenters. The number of hydrogen-bond acceptors (Lipinski definition) is 9. The summed E-state index contributed by atoms with van der Waals surface area (Å²) in [5, 5.41) is 0. The maximum absolute atomic E-state index is 13.6. The number of unbranched alkanes of at least 4 members (excludes halogenated alkanes) is 36. The van der Waals surface area contributed by atoms with Gasteiger partial charge in [-0.3, -0.25) is 0 Å². The van der Waals surface area contributed by atoms with E-state index in [2.05, 4.69) is 47.4 Å². The molecule has 0 spiro atoms. The van der Waals surface area contributed by atoms with E-state index in [1.54, 1.807) is 0 Å². The maximum atomic E-state index is 13.6. The third-order valence-electron chi connectivity index (χ3n) is 13.2. The predicted octanol–water partition coefficient (Wildman–Crippen LogP) is 23.0. The third-order valence-corrected chi connectivity index (χ3v) is 21.6. The zero-order valence-corrected chi connectivity index (χ0v) is 54.9. The van der Waals surface area contributed by atoms with Gasteiger partial charge in [-0.2, -0.15) is 0 Å². The van der Waals surface area contributed by atoms with Crippen LogP contribution in [0.2, 0.25) is 9.45 Å². The first-order valence-electron chi connectivity index (χ1n) is 31.7. The zero-order chi connectivity index (χ0) is 56.4. The molecule has 0 radical (unpaired) electrons. The van der Waals surface area contributed by atoms with Crippen LogP contribution in [0.1, 0.15) is 319 Å². The van der Waals surface area contributed by atoms with Crippen molar-refractivity contribution in [3.63, 3.8) is 0 Å². The fourth-order valence-corrected chi connectivity index (χ4v) is 17.6. The summed E-state index contributed by atoms with van der Waals surface area (Å²) in [6, 6.07) is 0. The molecule has 0 aromatic carbocycles. The first-order valence-corrected chi connectivity index (χ1v) is 38.1. The normalized spacial score (nSPS) is 11.8. The molecule has 0 aliphatic carbocycles. The molecule has 0 saturated carbocycles. The van der Waals surface area contributed by atoms with Crippen molar-refractivity contribution in [3.8, 4) is 0 Å². The van der Waals surface area contributed by atoms with Gasteiger partial charge < -0.3 is 27.9 Å². The molecule has 0 aliphatic rings. The second-order valence-corrected chi connectivity index (χ2v) is 30.8. The van der Waals surface area contributed by atoms with Gasteiger partial charge in [0.2, 0.25) is 0 Å². The Kier molecular flexibility index (Phi) is 64.0. The average molecular weight is 1140 g/mol. The molecule has 0 heterocycles. The molecule has 0 atom stereocenters. The van der Waals surface area contributed by atoms with Crippen LogP contribution in [-0.4, -0.2) is 48.9 Å². The monoisotopic (exact) mass is 1140 g/mol. The van der Waals surface area contributed by atoms with Crippen LogP contribution in [0.25, 0.3) is 0 Å². The average Bonchev–Trinajstić information content (AvgIpc) is 3.35. The first kappa shape index (κ1) is 79.5. The summed E-state index contributed by atoms with van der Waals surface area (Å²) in [7, 11) is -3.31. The van der Waals surface area contributed by atoms with Gasteiger partial charge in [-0.05, 0) is 25.7 Å². The van der Waals surface area contributed by atoms with E-state index in [1.165, 1.54) is 231 Å². The van der Waals surface area contributed by atoms with Crippen LogP contribution in [0.4, 0.5) is 0 Å². The van der Waals surface area contributed by atoms with Crippen LogP contribution < -0.4 is 0 Å². The van der Waals surface area contributed by atoms with Gasteiger partial charge in [0.05, 0.1) is 26.4 Å². The Labute approximate surface area is 472 Å². The molecular weight excluding hydrogens is 1010 g/mol. The second kappa shape index (κ2) is 60.4. The van der Waals surface area contributed by atoms with Gasteiger partial charge in [0, 0.05) is 0 Å². The minimum absolute atomic E-state index is 0.168. The number of hydrogen-bond donors (Lipinski definition) is 2. The summed E-state index contributed by atoms with van der Waals surface area (Å²) in [4.78, 5) is 19.5. The summed E-state index contributed by atoms with van der Waals surface area (Å²) >= 11 is -4.83. The smallest absolute Gasteiger partial charge is 0.328 e. The van der Waals surface area contributed by atoms with E-state index < -0.39 is 33.3 Å². The van der Waals surface area contributed by atoms with Crippen LogP contribution in [0.3, 0.4) is 0 Å². The van der Waals surface area contributed by atoms with Crippen molar-refractivity contribution < 1.29 is 53.9 Å². The largest absolute Gasteiger partial charge is 0.329 e. The standard InChI is InChI=1S/2C24H51O3P.C4H7O.2C4H7.C3H7O.O.Ti/c2*1-3-5-7-9-11-13-15-17-19-21-23-26-28(25)27-24-22-20-18-16-14-12-10-8-6-4-2;1-4(2)3-5;2*1-4(2)3;1-3(2)4;;/h2*25H,3-24H2,1-2H3;1,3H2,2H3;2*1-2H2,3H3;3H,1-2H3;;/q;;-1;;;-1;;+2. The summed E-state index contributed by atoms with van der Waals surface area (Å²) in [6.45, 7) is 32.6. The van der Waals surface area contributed by atoms with E-state index in [9.17, 15) is 13.1 Å². The molecule has 0 bridgehead atoms. The molecule has 0 saturated heterocycles. The van der Waals surface area contributed by atoms with Crippen LogP contribution in [-0.2, 0) is 44.1 Å². The fraction of sp³-hybridized carbons (Fsp3) is 0.905. The van der Waals surface area contributed by atoms with Crippen molar-refractivity contribution in [2.45, 2.75) is 335 Å². The Morgan fingerprint density at radius 3 is 0.747 bits per heavy atom. The molecule has 0 aliphatic heterocycles. The van der Waals surface area contributed by atoms with Gasteiger partial charge in [-0.15, -0.1) is 0 Å². The zero-order valence-electron chi connectivity index (χ0n) is 51.6. The molecule has 75 heavy (non-hydrogen) atoms. The maximum Gasteiger partial charge on any atom is 0.329 e. The van der Waals surface area contributed by atoms with E-state index in [-0.39, 0.29) is 22.2 Å². The van der Waals surface area contributed by atoms with Crippen molar-refractivity contribution in [2.24, 2.45) is 0 Å². The van der Waals surface area contributed by atoms with Crippen molar-refractivity contribution in [1.82, 2.24) is 0 Å². The van der Waals surface area contributed by atoms with Crippen LogP contribution in [0, 0.1) is 0 Å². The second-order valence-electron chi connectivity index (χ2n) is 22.6. The van der Waals surface area contributed by atoms with Crippen LogP contribution in [0.5, 0.6) is 0 Å². The minimum Gasteiger partial charge on any atom is -0.328 e. The fourth-order valence-electron chi connectivity index (χ4n) is 9.26. The van der Waals surface area contributed by atoms with Crippen molar-refractivity contribution in [3.05, 3.63) is 36.5 Å². The number of allylic oxidation sites excluding steroid dienone is 2. The molecule has 0 aromatic rings. The van der Waals surface area contributed by atoms with Crippen LogP contribution in [0.15, 0.2) is 36.5 Å². The predicted molar refractivity (Wildman–Crippen MR) is 326 cm³/mol. The summed E-state index contributed by atoms with van der Waals surface area (Å²) < 4.78 is 47.4. The molecule has 9 nitrogen and oxygen atoms in total. The van der Waals surface area contributed by atoms with E-state index in [4.69, 9.17) is 24.7 Å². The number of rotatable bonds is 57. The Morgan fingerprint density at radius 1 is 0.373 bits per heavy atom. The van der Waals surface area contributed by atoms with Crippen molar-refractivity contribution in [1.29, 1.82) is 0 Å².